The Labute approximate surface area is 113 Å². The largest absolute Gasteiger partial charge is 0.496 e. The zero-order valence-corrected chi connectivity index (χ0v) is 12.0. The fourth-order valence-electron chi connectivity index (χ4n) is 1.45. The normalized spacial score (nSPS) is 11.4. The van der Waals surface area contributed by atoms with Crippen LogP contribution < -0.4 is 4.74 Å². The Morgan fingerprint density at radius 3 is 2.56 bits per heavy atom. The summed E-state index contributed by atoms with van der Waals surface area (Å²) in [6.45, 7) is 5.85. The van der Waals surface area contributed by atoms with Crippen LogP contribution >= 0.6 is 11.6 Å². The van der Waals surface area contributed by atoms with Crippen molar-refractivity contribution in [3.8, 4) is 5.75 Å². The van der Waals surface area contributed by atoms with Gasteiger partial charge in [-0.15, -0.1) is 0 Å². The molecule has 0 aromatic heterocycles. The van der Waals surface area contributed by atoms with Crippen LogP contribution in [0.2, 0.25) is 5.02 Å². The number of carbonyl (C=O) groups is 1. The second-order valence-corrected chi connectivity index (χ2v) is 5.51. The Bertz CT molecular complexity index is 422. The quantitative estimate of drug-likeness (QED) is 0.824. The molecule has 3 nitrogen and oxygen atoms in total. The summed E-state index contributed by atoms with van der Waals surface area (Å²) in [6.07, 6.45) is 0.264. The van der Waals surface area contributed by atoms with Crippen LogP contribution in [-0.4, -0.2) is 25.1 Å². The lowest BCUT2D eigenvalue weighted by molar-refractivity contribution is -0.127. The molecule has 0 bridgehead atoms. The molecule has 1 aromatic carbocycles. The second kappa shape index (κ2) is 6.21. The predicted octanol–water partition coefficient (Wildman–Crippen LogP) is 3.28. The molecule has 0 amide bonds. The van der Waals surface area contributed by atoms with Crippen LogP contribution in [0.15, 0.2) is 18.2 Å². The van der Waals surface area contributed by atoms with Gasteiger partial charge in [-0.05, 0) is 39.0 Å². The third-order valence-electron chi connectivity index (χ3n) is 2.30. The highest BCUT2D eigenvalue weighted by Gasteiger charge is 2.15. The lowest BCUT2D eigenvalue weighted by atomic mass is 10.1. The molecule has 0 aliphatic carbocycles. The van der Waals surface area contributed by atoms with Gasteiger partial charge in [0.2, 0.25) is 0 Å². The molecular formula is C14H19ClO3. The molecule has 0 atom stereocenters. The van der Waals surface area contributed by atoms with E-state index in [1.807, 2.05) is 20.8 Å². The van der Waals surface area contributed by atoms with E-state index in [0.717, 1.165) is 5.56 Å². The van der Waals surface area contributed by atoms with E-state index in [4.69, 9.17) is 21.1 Å². The fraction of sp³-hybridized carbons (Fsp3) is 0.500. The zero-order valence-electron chi connectivity index (χ0n) is 11.2. The standard InChI is InChI=1S/C14H19ClO3/c1-14(2,3)18-9-12(16)8-10-7-11(15)5-6-13(10)17-4/h5-7H,8-9H2,1-4H3. The minimum atomic E-state index is -0.311. The van der Waals surface area contributed by atoms with Crippen LogP contribution in [0.1, 0.15) is 26.3 Å². The average molecular weight is 271 g/mol. The van der Waals surface area contributed by atoms with Gasteiger partial charge in [-0.25, -0.2) is 0 Å². The van der Waals surface area contributed by atoms with Gasteiger partial charge in [0.25, 0.3) is 0 Å². The number of methoxy groups -OCH3 is 1. The maximum atomic E-state index is 11.8. The van der Waals surface area contributed by atoms with Crippen molar-refractivity contribution >= 4 is 17.4 Å². The number of ether oxygens (including phenoxy) is 2. The van der Waals surface area contributed by atoms with E-state index >= 15 is 0 Å². The van der Waals surface area contributed by atoms with Gasteiger partial charge in [0, 0.05) is 17.0 Å². The van der Waals surface area contributed by atoms with Crippen LogP contribution in [0.3, 0.4) is 0 Å². The van der Waals surface area contributed by atoms with Crippen molar-refractivity contribution in [3.05, 3.63) is 28.8 Å². The van der Waals surface area contributed by atoms with Crippen molar-refractivity contribution in [1.82, 2.24) is 0 Å². The smallest absolute Gasteiger partial charge is 0.162 e. The van der Waals surface area contributed by atoms with E-state index in [2.05, 4.69) is 0 Å². The number of rotatable bonds is 5. The van der Waals surface area contributed by atoms with Gasteiger partial charge in [0.05, 0.1) is 12.7 Å². The Hall–Kier alpha value is -1.06. The lowest BCUT2D eigenvalue weighted by Gasteiger charge is -2.19. The first kappa shape index (κ1) is 15.0. The highest BCUT2D eigenvalue weighted by Crippen LogP contribution is 2.23. The second-order valence-electron chi connectivity index (χ2n) is 5.07. The highest BCUT2D eigenvalue weighted by atomic mass is 35.5. The number of carbonyl (C=O) groups excluding carboxylic acids is 1. The van der Waals surface area contributed by atoms with Crippen molar-refractivity contribution in [3.63, 3.8) is 0 Å². The zero-order chi connectivity index (χ0) is 13.8. The Balaban J connectivity index is 2.66. The first-order chi connectivity index (χ1) is 8.31. The van der Waals surface area contributed by atoms with Gasteiger partial charge < -0.3 is 9.47 Å². The fourth-order valence-corrected chi connectivity index (χ4v) is 1.64. The van der Waals surface area contributed by atoms with Crippen LogP contribution in [0, 0.1) is 0 Å². The van der Waals surface area contributed by atoms with E-state index < -0.39 is 0 Å². The van der Waals surface area contributed by atoms with Crippen LogP contribution in [-0.2, 0) is 16.0 Å². The van der Waals surface area contributed by atoms with Crippen molar-refractivity contribution in [1.29, 1.82) is 0 Å². The van der Waals surface area contributed by atoms with Gasteiger partial charge in [-0.2, -0.15) is 0 Å². The van der Waals surface area contributed by atoms with Crippen LogP contribution in [0.25, 0.3) is 0 Å². The van der Waals surface area contributed by atoms with E-state index in [-0.39, 0.29) is 24.4 Å². The van der Waals surface area contributed by atoms with E-state index in [0.29, 0.717) is 10.8 Å². The van der Waals surface area contributed by atoms with Gasteiger partial charge in [-0.3, -0.25) is 4.79 Å². The number of halogens is 1. The molecule has 0 spiro atoms. The Morgan fingerprint density at radius 2 is 2.00 bits per heavy atom. The monoisotopic (exact) mass is 270 g/mol. The molecular weight excluding hydrogens is 252 g/mol. The molecule has 0 aliphatic rings. The van der Waals surface area contributed by atoms with Crippen molar-refractivity contribution in [2.24, 2.45) is 0 Å². The van der Waals surface area contributed by atoms with E-state index in [1.165, 1.54) is 0 Å². The molecule has 4 heteroatoms. The number of hydrogen-bond acceptors (Lipinski definition) is 3. The average Bonchev–Trinajstić information content (AvgIpc) is 2.26. The van der Waals surface area contributed by atoms with Crippen molar-refractivity contribution in [2.45, 2.75) is 32.8 Å². The van der Waals surface area contributed by atoms with Gasteiger partial charge >= 0.3 is 0 Å². The number of benzene rings is 1. The molecule has 1 rings (SSSR count). The summed E-state index contributed by atoms with van der Waals surface area (Å²) < 4.78 is 10.6. The van der Waals surface area contributed by atoms with Crippen molar-refractivity contribution < 1.29 is 14.3 Å². The topological polar surface area (TPSA) is 35.5 Å². The molecule has 1 aromatic rings. The summed E-state index contributed by atoms with van der Waals surface area (Å²) >= 11 is 5.91. The highest BCUT2D eigenvalue weighted by molar-refractivity contribution is 6.30. The first-order valence-electron chi connectivity index (χ1n) is 5.80. The maximum absolute atomic E-state index is 11.8. The number of hydrogen-bond donors (Lipinski definition) is 0. The first-order valence-corrected chi connectivity index (χ1v) is 6.17. The molecule has 0 aliphatic heterocycles. The predicted molar refractivity (Wildman–Crippen MR) is 72.4 cm³/mol. The lowest BCUT2D eigenvalue weighted by Crippen LogP contribution is -2.24. The molecule has 100 valence electrons. The molecule has 0 N–H and O–H groups in total. The summed E-state index contributed by atoms with van der Waals surface area (Å²) in [6, 6.07) is 5.24. The molecule has 0 unspecified atom stereocenters. The van der Waals surface area contributed by atoms with Crippen LogP contribution in [0.4, 0.5) is 0 Å². The maximum Gasteiger partial charge on any atom is 0.162 e. The van der Waals surface area contributed by atoms with E-state index in [1.54, 1.807) is 25.3 Å². The molecule has 0 heterocycles. The molecule has 0 radical (unpaired) electrons. The van der Waals surface area contributed by atoms with Crippen LogP contribution in [0.5, 0.6) is 5.75 Å². The third-order valence-corrected chi connectivity index (χ3v) is 2.53. The molecule has 0 saturated heterocycles. The Morgan fingerprint density at radius 1 is 1.33 bits per heavy atom. The van der Waals surface area contributed by atoms with E-state index in [9.17, 15) is 4.79 Å². The molecule has 0 fully saturated rings. The minimum Gasteiger partial charge on any atom is -0.496 e. The summed E-state index contributed by atoms with van der Waals surface area (Å²) in [4.78, 5) is 11.8. The Kier molecular flexibility index (Phi) is 5.17. The summed E-state index contributed by atoms with van der Waals surface area (Å²) in [7, 11) is 1.57. The van der Waals surface area contributed by atoms with Crippen molar-refractivity contribution in [2.75, 3.05) is 13.7 Å². The molecule has 18 heavy (non-hydrogen) atoms. The summed E-state index contributed by atoms with van der Waals surface area (Å²) in [5.74, 6) is 0.675. The molecule has 0 saturated carbocycles. The summed E-state index contributed by atoms with van der Waals surface area (Å²) in [5, 5.41) is 0.593. The minimum absolute atomic E-state index is 0.00508. The van der Waals surface area contributed by atoms with Gasteiger partial charge in [0.1, 0.15) is 12.4 Å². The summed E-state index contributed by atoms with van der Waals surface area (Å²) in [5.41, 5.74) is 0.473. The number of ketones is 1. The number of Topliss-reactive ketones (excluding diaryl/α,β-unsaturated/α-hetero) is 1. The van der Waals surface area contributed by atoms with Gasteiger partial charge in [0.15, 0.2) is 5.78 Å². The van der Waals surface area contributed by atoms with Gasteiger partial charge in [-0.1, -0.05) is 11.6 Å². The third kappa shape index (κ3) is 5.07. The SMILES string of the molecule is COc1ccc(Cl)cc1CC(=O)COC(C)(C)C.